The van der Waals surface area contributed by atoms with Crippen LogP contribution in [0.1, 0.15) is 23.6 Å². The third-order valence-electron chi connectivity index (χ3n) is 5.21. The number of hydrogen-bond donors (Lipinski definition) is 1. The van der Waals surface area contributed by atoms with Crippen LogP contribution in [0.4, 0.5) is 4.79 Å². The fourth-order valence-corrected chi connectivity index (χ4v) is 4.37. The van der Waals surface area contributed by atoms with Crippen molar-refractivity contribution in [3.63, 3.8) is 0 Å². The first-order valence-corrected chi connectivity index (χ1v) is 12.3. The van der Waals surface area contributed by atoms with E-state index in [1.165, 1.54) is 4.90 Å². The van der Waals surface area contributed by atoms with Crippen molar-refractivity contribution in [1.29, 1.82) is 0 Å². The number of hydrogen-bond acceptors (Lipinski definition) is 4. The lowest BCUT2D eigenvalue weighted by Crippen LogP contribution is -2.30. The van der Waals surface area contributed by atoms with E-state index in [4.69, 9.17) is 32.7 Å². The minimum atomic E-state index is -0.467. The first-order valence-electron chi connectivity index (χ1n) is 10.8. The number of rotatable bonds is 8. The Bertz CT molecular complexity index is 1300. The maximum Gasteiger partial charge on any atom is 0.329 e. The number of ether oxygens (including phenoxy) is 2. The Labute approximate surface area is 221 Å². The number of nitrogens with zero attached hydrogens (tertiary/aromatic N) is 1. The molecule has 9 heteroatoms. The summed E-state index contributed by atoms with van der Waals surface area (Å²) in [6.07, 6.45) is 1.61. The summed E-state index contributed by atoms with van der Waals surface area (Å²) in [6, 6.07) is 17.6. The van der Waals surface area contributed by atoms with Crippen LogP contribution in [0.15, 0.2) is 70.8 Å². The van der Waals surface area contributed by atoms with Gasteiger partial charge in [-0.2, -0.15) is 0 Å². The summed E-state index contributed by atoms with van der Waals surface area (Å²) < 4.78 is 12.4. The second-order valence-corrected chi connectivity index (χ2v) is 9.34. The van der Waals surface area contributed by atoms with E-state index in [1.807, 2.05) is 37.3 Å². The molecule has 0 saturated carbocycles. The molecule has 0 unspecified atom stereocenters. The van der Waals surface area contributed by atoms with Crippen LogP contribution < -0.4 is 14.8 Å². The zero-order valence-electron chi connectivity index (χ0n) is 18.7. The van der Waals surface area contributed by atoms with Gasteiger partial charge in [-0.05, 0) is 48.4 Å². The molecule has 0 bridgehead atoms. The number of halogens is 3. The zero-order chi connectivity index (χ0) is 24.9. The van der Waals surface area contributed by atoms with Gasteiger partial charge in [0.05, 0.1) is 13.2 Å². The lowest BCUT2D eigenvalue weighted by molar-refractivity contribution is -0.123. The predicted molar refractivity (Wildman–Crippen MR) is 140 cm³/mol. The quantitative estimate of drug-likeness (QED) is 0.236. The summed E-state index contributed by atoms with van der Waals surface area (Å²) in [7, 11) is 0. The Morgan fingerprint density at radius 2 is 1.74 bits per heavy atom. The van der Waals surface area contributed by atoms with E-state index in [2.05, 4.69) is 21.2 Å². The summed E-state index contributed by atoms with van der Waals surface area (Å²) in [5, 5.41) is 3.71. The monoisotopic (exact) mass is 574 g/mol. The molecule has 0 aromatic heterocycles. The molecule has 0 atom stereocenters. The highest BCUT2D eigenvalue weighted by molar-refractivity contribution is 9.10. The van der Waals surface area contributed by atoms with Gasteiger partial charge in [-0.15, -0.1) is 0 Å². The van der Waals surface area contributed by atoms with Crippen LogP contribution >= 0.6 is 39.1 Å². The van der Waals surface area contributed by atoms with Crippen LogP contribution in [0, 0.1) is 0 Å². The second kappa shape index (κ2) is 11.2. The third kappa shape index (κ3) is 5.99. The second-order valence-electron chi connectivity index (χ2n) is 7.64. The highest BCUT2D eigenvalue weighted by Gasteiger charge is 2.33. The van der Waals surface area contributed by atoms with E-state index >= 15 is 0 Å². The topological polar surface area (TPSA) is 67.9 Å². The van der Waals surface area contributed by atoms with E-state index in [9.17, 15) is 9.59 Å². The van der Waals surface area contributed by atoms with Crippen LogP contribution in [-0.2, 0) is 17.9 Å². The SMILES string of the molecule is CCOc1cc(/C=C2/NC(=O)N(Cc3ccccc3)C2=O)c(Br)cc1OCc1ccc(Cl)cc1Cl. The Balaban J connectivity index is 1.56. The number of carbonyl (C=O) groups excluding carboxylic acids is 2. The van der Waals surface area contributed by atoms with Gasteiger partial charge in [0.15, 0.2) is 11.5 Å². The molecule has 1 N–H and O–H groups in total. The van der Waals surface area contributed by atoms with Crippen molar-refractivity contribution in [2.24, 2.45) is 0 Å². The van der Waals surface area contributed by atoms with Gasteiger partial charge in [0.2, 0.25) is 0 Å². The molecule has 3 aromatic rings. The summed E-state index contributed by atoms with van der Waals surface area (Å²) in [5.74, 6) is 0.589. The van der Waals surface area contributed by atoms with Crippen molar-refractivity contribution in [2.45, 2.75) is 20.1 Å². The van der Waals surface area contributed by atoms with E-state index in [0.29, 0.717) is 38.2 Å². The number of amides is 3. The maximum atomic E-state index is 12.9. The third-order valence-corrected chi connectivity index (χ3v) is 6.48. The van der Waals surface area contributed by atoms with Gasteiger partial charge >= 0.3 is 6.03 Å². The fourth-order valence-electron chi connectivity index (χ4n) is 3.47. The molecule has 3 amide bonds. The molecule has 35 heavy (non-hydrogen) atoms. The van der Waals surface area contributed by atoms with Crippen molar-refractivity contribution in [3.05, 3.63) is 97.6 Å². The lowest BCUT2D eigenvalue weighted by atomic mass is 10.1. The first-order chi connectivity index (χ1) is 16.9. The number of nitrogens with one attached hydrogen (secondary N) is 1. The molecule has 0 radical (unpaired) electrons. The van der Waals surface area contributed by atoms with Gasteiger partial charge in [0.1, 0.15) is 12.3 Å². The largest absolute Gasteiger partial charge is 0.490 e. The van der Waals surface area contributed by atoms with E-state index in [0.717, 1.165) is 11.1 Å². The molecule has 0 spiro atoms. The molecular formula is C26H21BrCl2N2O4. The van der Waals surface area contributed by atoms with Crippen molar-refractivity contribution < 1.29 is 19.1 Å². The molecule has 1 aliphatic rings. The first kappa shape index (κ1) is 25.1. The van der Waals surface area contributed by atoms with Crippen LogP contribution in [0.3, 0.4) is 0 Å². The molecule has 180 valence electrons. The Morgan fingerprint density at radius 3 is 2.46 bits per heavy atom. The van der Waals surface area contributed by atoms with Crippen molar-refractivity contribution in [2.75, 3.05) is 6.61 Å². The molecule has 4 rings (SSSR count). The molecule has 1 heterocycles. The Morgan fingerprint density at radius 1 is 1.00 bits per heavy atom. The van der Waals surface area contributed by atoms with Crippen LogP contribution in [0.25, 0.3) is 6.08 Å². The zero-order valence-corrected chi connectivity index (χ0v) is 21.8. The van der Waals surface area contributed by atoms with E-state index < -0.39 is 11.9 Å². The standard InChI is InChI=1S/C26H21BrCl2N2O4/c1-2-34-23-11-18(20(27)13-24(23)35-15-17-8-9-19(28)12-21(17)29)10-22-25(32)31(26(33)30-22)14-16-6-4-3-5-7-16/h3-13H,2,14-15H2,1H3,(H,30,33)/b22-10+. The van der Waals surface area contributed by atoms with Crippen LogP contribution in [0.2, 0.25) is 10.0 Å². The highest BCUT2D eigenvalue weighted by Crippen LogP contribution is 2.36. The van der Waals surface area contributed by atoms with Crippen LogP contribution in [-0.4, -0.2) is 23.4 Å². The van der Waals surface area contributed by atoms with E-state index in [1.54, 1.807) is 36.4 Å². The maximum absolute atomic E-state index is 12.9. The smallest absolute Gasteiger partial charge is 0.329 e. The van der Waals surface area contributed by atoms with Gasteiger partial charge in [-0.1, -0.05) is 75.5 Å². The van der Waals surface area contributed by atoms with Gasteiger partial charge < -0.3 is 14.8 Å². The van der Waals surface area contributed by atoms with Crippen molar-refractivity contribution in [3.8, 4) is 11.5 Å². The number of carbonyl (C=O) groups is 2. The molecular weight excluding hydrogens is 555 g/mol. The van der Waals surface area contributed by atoms with Crippen molar-refractivity contribution in [1.82, 2.24) is 10.2 Å². The van der Waals surface area contributed by atoms with Crippen molar-refractivity contribution >= 4 is 57.1 Å². The summed E-state index contributed by atoms with van der Waals surface area (Å²) in [6.45, 7) is 2.68. The number of imide groups is 1. The van der Waals surface area contributed by atoms with E-state index in [-0.39, 0.29) is 18.8 Å². The molecule has 3 aromatic carbocycles. The van der Waals surface area contributed by atoms with Gasteiger partial charge in [-0.3, -0.25) is 9.69 Å². The molecule has 1 fully saturated rings. The summed E-state index contributed by atoms with van der Waals surface area (Å²) in [4.78, 5) is 26.5. The average molecular weight is 576 g/mol. The Hall–Kier alpha value is -3.00. The highest BCUT2D eigenvalue weighted by atomic mass is 79.9. The molecule has 1 saturated heterocycles. The average Bonchev–Trinajstić information content (AvgIpc) is 3.09. The lowest BCUT2D eigenvalue weighted by Gasteiger charge is -2.15. The normalized spacial score (nSPS) is 14.4. The predicted octanol–water partition coefficient (Wildman–Crippen LogP) is 6.83. The summed E-state index contributed by atoms with van der Waals surface area (Å²) in [5.41, 5.74) is 2.46. The minimum Gasteiger partial charge on any atom is -0.490 e. The van der Waals surface area contributed by atoms with Gasteiger partial charge in [-0.25, -0.2) is 4.79 Å². The Kier molecular flexibility index (Phi) is 8.00. The number of urea groups is 1. The minimum absolute atomic E-state index is 0.177. The summed E-state index contributed by atoms with van der Waals surface area (Å²) >= 11 is 15.8. The fraction of sp³-hybridized carbons (Fsp3) is 0.154. The van der Waals surface area contributed by atoms with Gasteiger partial charge in [0, 0.05) is 20.1 Å². The molecule has 1 aliphatic heterocycles. The molecule has 0 aliphatic carbocycles. The van der Waals surface area contributed by atoms with Gasteiger partial charge in [0.25, 0.3) is 5.91 Å². The van der Waals surface area contributed by atoms with Crippen LogP contribution in [0.5, 0.6) is 11.5 Å². The molecule has 6 nitrogen and oxygen atoms in total. The number of benzene rings is 3.